The molecule has 2 nitrogen and oxygen atoms in total. The number of hydrogen-bond acceptors (Lipinski definition) is 2. The lowest BCUT2D eigenvalue weighted by Gasteiger charge is -2.03. The zero-order valence-electron chi connectivity index (χ0n) is 7.18. The van der Waals surface area contributed by atoms with Gasteiger partial charge < -0.3 is 0 Å². The van der Waals surface area contributed by atoms with Crippen molar-refractivity contribution in [1.29, 1.82) is 0 Å². The van der Waals surface area contributed by atoms with Crippen molar-refractivity contribution in [3.05, 3.63) is 34.0 Å². The molecule has 0 unspecified atom stereocenters. The van der Waals surface area contributed by atoms with Gasteiger partial charge in [-0.1, -0.05) is 11.6 Å². The minimum atomic E-state index is -0.358. The molecule has 0 saturated carbocycles. The molecule has 5 heteroatoms. The van der Waals surface area contributed by atoms with Crippen LogP contribution in [0.15, 0.2) is 12.1 Å². The van der Waals surface area contributed by atoms with Crippen molar-refractivity contribution in [2.75, 3.05) is 0 Å². The largest absolute Gasteiger partial charge is 0.224 e. The van der Waals surface area contributed by atoms with Gasteiger partial charge in [-0.05, 0) is 36.2 Å². The highest BCUT2D eigenvalue weighted by Gasteiger charge is 2.08. The van der Waals surface area contributed by atoms with Gasteiger partial charge in [0.05, 0.1) is 5.52 Å². The van der Waals surface area contributed by atoms with E-state index in [0.29, 0.717) is 16.5 Å². The molecule has 0 N–H and O–H groups in total. The second-order valence-electron chi connectivity index (χ2n) is 2.90. The van der Waals surface area contributed by atoms with E-state index in [1.807, 2.05) is 0 Å². The minimum absolute atomic E-state index is 0.0669. The van der Waals surface area contributed by atoms with Gasteiger partial charge in [0.2, 0.25) is 5.28 Å². The summed E-state index contributed by atoms with van der Waals surface area (Å²) in [5.74, 6) is -0.358. The zero-order valence-corrected chi connectivity index (χ0v) is 8.69. The molecule has 0 aliphatic carbocycles. The van der Waals surface area contributed by atoms with Crippen LogP contribution in [0.5, 0.6) is 0 Å². The van der Waals surface area contributed by atoms with Gasteiger partial charge in [0, 0.05) is 5.39 Å². The number of nitrogens with zero attached hydrogens (tertiary/aromatic N) is 2. The predicted molar refractivity (Wildman–Crippen MR) is 54.3 cm³/mol. The van der Waals surface area contributed by atoms with Crippen molar-refractivity contribution < 1.29 is 4.39 Å². The molecule has 0 radical (unpaired) electrons. The molecule has 0 atom stereocenters. The summed E-state index contributed by atoms with van der Waals surface area (Å²) in [4.78, 5) is 7.72. The summed E-state index contributed by atoms with van der Waals surface area (Å²) in [6, 6.07) is 2.67. The van der Waals surface area contributed by atoms with Crippen LogP contribution in [-0.2, 0) is 0 Å². The van der Waals surface area contributed by atoms with Crippen LogP contribution in [0.25, 0.3) is 10.9 Å². The first-order valence-corrected chi connectivity index (χ1v) is 4.62. The van der Waals surface area contributed by atoms with E-state index in [9.17, 15) is 4.39 Å². The number of aromatic nitrogens is 2. The monoisotopic (exact) mass is 230 g/mol. The van der Waals surface area contributed by atoms with Crippen molar-refractivity contribution >= 4 is 34.1 Å². The SMILES string of the molecule is Cc1cc(F)cc2c(Cl)nc(Cl)nc12. The number of fused-ring (bicyclic) bond motifs is 1. The molecule has 2 rings (SSSR count). The maximum Gasteiger partial charge on any atom is 0.224 e. The predicted octanol–water partition coefficient (Wildman–Crippen LogP) is 3.38. The van der Waals surface area contributed by atoms with Crippen molar-refractivity contribution in [3.8, 4) is 0 Å². The normalized spacial score (nSPS) is 10.9. The highest BCUT2D eigenvalue weighted by Crippen LogP contribution is 2.25. The Morgan fingerprint density at radius 2 is 1.93 bits per heavy atom. The molecule has 1 aromatic carbocycles. The summed E-state index contributed by atoms with van der Waals surface area (Å²) in [6.07, 6.45) is 0. The summed E-state index contributed by atoms with van der Waals surface area (Å²) in [5.41, 5.74) is 1.27. The third kappa shape index (κ3) is 1.53. The van der Waals surface area contributed by atoms with E-state index in [2.05, 4.69) is 9.97 Å². The van der Waals surface area contributed by atoms with Gasteiger partial charge in [-0.25, -0.2) is 14.4 Å². The van der Waals surface area contributed by atoms with Crippen LogP contribution < -0.4 is 0 Å². The van der Waals surface area contributed by atoms with Crippen LogP contribution in [0.2, 0.25) is 10.4 Å². The van der Waals surface area contributed by atoms with E-state index >= 15 is 0 Å². The van der Waals surface area contributed by atoms with Crippen LogP contribution in [-0.4, -0.2) is 9.97 Å². The molecule has 0 amide bonds. The molecular weight excluding hydrogens is 226 g/mol. The van der Waals surface area contributed by atoms with Gasteiger partial charge in [0.15, 0.2) is 0 Å². The van der Waals surface area contributed by atoms with Gasteiger partial charge in [-0.2, -0.15) is 0 Å². The standard InChI is InChI=1S/C9H5Cl2FN2/c1-4-2-5(12)3-6-7(4)13-9(11)14-8(6)10/h2-3H,1H3. The molecule has 0 aliphatic heterocycles. The van der Waals surface area contributed by atoms with E-state index in [0.717, 1.165) is 0 Å². The van der Waals surface area contributed by atoms with E-state index < -0.39 is 0 Å². The van der Waals surface area contributed by atoms with E-state index in [1.54, 1.807) is 6.92 Å². The van der Waals surface area contributed by atoms with Gasteiger partial charge in [-0.15, -0.1) is 0 Å². The molecule has 0 saturated heterocycles. The Labute approximate surface area is 89.7 Å². The van der Waals surface area contributed by atoms with Crippen LogP contribution in [0.4, 0.5) is 4.39 Å². The minimum Gasteiger partial charge on any atom is -0.218 e. The van der Waals surface area contributed by atoms with E-state index in [4.69, 9.17) is 23.2 Å². The molecule has 0 fully saturated rings. The Morgan fingerprint density at radius 1 is 1.21 bits per heavy atom. The topological polar surface area (TPSA) is 25.8 Å². The first-order valence-electron chi connectivity index (χ1n) is 3.87. The third-order valence-corrected chi connectivity index (χ3v) is 2.34. The van der Waals surface area contributed by atoms with E-state index in [1.165, 1.54) is 12.1 Å². The average molecular weight is 231 g/mol. The molecule has 72 valence electrons. The summed E-state index contributed by atoms with van der Waals surface area (Å²) < 4.78 is 13.0. The summed E-state index contributed by atoms with van der Waals surface area (Å²) in [5, 5.41) is 0.716. The zero-order chi connectivity index (χ0) is 10.3. The van der Waals surface area contributed by atoms with Crippen LogP contribution in [0.1, 0.15) is 5.56 Å². The van der Waals surface area contributed by atoms with Gasteiger partial charge >= 0.3 is 0 Å². The van der Waals surface area contributed by atoms with Crippen LogP contribution in [0, 0.1) is 12.7 Å². The Hall–Kier alpha value is -0.930. The molecule has 0 bridgehead atoms. The fourth-order valence-electron chi connectivity index (χ4n) is 1.30. The Kier molecular flexibility index (Phi) is 2.29. The maximum atomic E-state index is 13.0. The molecule has 0 aliphatic rings. The number of halogens is 3. The fourth-order valence-corrected chi connectivity index (χ4v) is 1.74. The molecule has 0 spiro atoms. The fraction of sp³-hybridized carbons (Fsp3) is 0.111. The second-order valence-corrected chi connectivity index (χ2v) is 3.60. The summed E-state index contributed by atoms with van der Waals surface area (Å²) in [6.45, 7) is 1.74. The van der Waals surface area contributed by atoms with Gasteiger partial charge in [0.25, 0.3) is 0 Å². The third-order valence-electron chi connectivity index (χ3n) is 1.88. The first kappa shape index (κ1) is 9.62. The molecule has 2 aromatic rings. The molecular formula is C9H5Cl2FN2. The number of aryl methyl sites for hydroxylation is 1. The quantitative estimate of drug-likeness (QED) is 0.513. The van der Waals surface area contributed by atoms with Crippen LogP contribution >= 0.6 is 23.2 Å². The Morgan fingerprint density at radius 3 is 2.64 bits per heavy atom. The molecule has 14 heavy (non-hydrogen) atoms. The van der Waals surface area contributed by atoms with Crippen molar-refractivity contribution in [3.63, 3.8) is 0 Å². The molecule has 1 heterocycles. The Balaban J connectivity index is 2.94. The molecule has 1 aromatic heterocycles. The first-order chi connectivity index (χ1) is 6.58. The number of rotatable bonds is 0. The van der Waals surface area contributed by atoms with E-state index in [-0.39, 0.29) is 16.3 Å². The Bertz CT molecular complexity index is 466. The van der Waals surface area contributed by atoms with Crippen molar-refractivity contribution in [2.24, 2.45) is 0 Å². The lowest BCUT2D eigenvalue weighted by molar-refractivity contribution is 0.628. The summed E-state index contributed by atoms with van der Waals surface area (Å²) in [7, 11) is 0. The van der Waals surface area contributed by atoms with Gasteiger partial charge in [0.1, 0.15) is 11.0 Å². The maximum absolute atomic E-state index is 13.0. The second kappa shape index (κ2) is 3.33. The smallest absolute Gasteiger partial charge is 0.218 e. The lowest BCUT2D eigenvalue weighted by Crippen LogP contribution is -1.90. The van der Waals surface area contributed by atoms with Crippen molar-refractivity contribution in [2.45, 2.75) is 6.92 Å². The number of benzene rings is 1. The lowest BCUT2D eigenvalue weighted by atomic mass is 10.1. The van der Waals surface area contributed by atoms with Gasteiger partial charge in [-0.3, -0.25) is 0 Å². The van der Waals surface area contributed by atoms with Crippen LogP contribution in [0.3, 0.4) is 0 Å². The highest BCUT2D eigenvalue weighted by atomic mass is 35.5. The highest BCUT2D eigenvalue weighted by molar-refractivity contribution is 6.35. The summed E-state index contributed by atoms with van der Waals surface area (Å²) >= 11 is 11.4. The number of hydrogen-bond donors (Lipinski definition) is 0. The average Bonchev–Trinajstić information content (AvgIpc) is 2.07. The van der Waals surface area contributed by atoms with Crippen molar-refractivity contribution in [1.82, 2.24) is 9.97 Å².